The first-order valence-corrected chi connectivity index (χ1v) is 6.13. The molecular weight excluding hydrogens is 218 g/mol. The number of fused-ring (bicyclic) bond motifs is 1. The minimum atomic E-state index is 0.209. The van der Waals surface area contributed by atoms with Gasteiger partial charge in [0.15, 0.2) is 0 Å². The summed E-state index contributed by atoms with van der Waals surface area (Å²) in [4.78, 5) is 0. The van der Waals surface area contributed by atoms with Crippen LogP contribution < -0.4 is 5.32 Å². The van der Waals surface area contributed by atoms with Crippen molar-refractivity contribution < 1.29 is 0 Å². The zero-order chi connectivity index (χ0) is 12.4. The molecule has 1 aliphatic heterocycles. The zero-order valence-corrected chi connectivity index (χ0v) is 10.1. The third kappa shape index (κ3) is 1.74. The van der Waals surface area contributed by atoms with Crippen molar-refractivity contribution in [1.29, 1.82) is 0 Å². The van der Waals surface area contributed by atoms with Gasteiger partial charge in [0.2, 0.25) is 0 Å². The molecule has 3 rings (SSSR count). The molecule has 0 fully saturated rings. The molecule has 0 bridgehead atoms. The summed E-state index contributed by atoms with van der Waals surface area (Å²) < 4.78 is 0. The Labute approximate surface area is 107 Å². The van der Waals surface area contributed by atoms with Crippen molar-refractivity contribution in [1.82, 2.24) is 5.32 Å². The molecule has 2 aromatic rings. The topological polar surface area (TPSA) is 12.0 Å². The van der Waals surface area contributed by atoms with Gasteiger partial charge in [0.05, 0.1) is 6.04 Å². The van der Waals surface area contributed by atoms with Gasteiger partial charge in [-0.2, -0.15) is 0 Å². The van der Waals surface area contributed by atoms with Crippen LogP contribution in [-0.4, -0.2) is 0 Å². The van der Waals surface area contributed by atoms with Crippen LogP contribution in [0.1, 0.15) is 28.3 Å². The summed E-state index contributed by atoms with van der Waals surface area (Å²) in [7, 11) is 0. The lowest BCUT2D eigenvalue weighted by molar-refractivity contribution is 0.719. The van der Waals surface area contributed by atoms with Gasteiger partial charge in [-0.15, -0.1) is 0 Å². The highest BCUT2D eigenvalue weighted by Gasteiger charge is 2.19. The molecule has 1 unspecified atom stereocenters. The molecule has 0 spiro atoms. The maximum absolute atomic E-state index is 3.90. The quantitative estimate of drug-likeness (QED) is 0.827. The van der Waals surface area contributed by atoms with Crippen LogP contribution in [0.2, 0.25) is 0 Å². The molecule has 0 saturated heterocycles. The molecule has 0 amide bonds. The molecule has 1 N–H and O–H groups in total. The number of hydrogen-bond donors (Lipinski definition) is 1. The average molecular weight is 233 g/mol. The van der Waals surface area contributed by atoms with Gasteiger partial charge in [-0.3, -0.25) is 0 Å². The smallest absolute Gasteiger partial charge is 0.0774 e. The van der Waals surface area contributed by atoms with Gasteiger partial charge >= 0.3 is 0 Å². The highest BCUT2D eigenvalue weighted by Crippen LogP contribution is 2.31. The molecule has 1 atom stereocenters. The van der Waals surface area contributed by atoms with Crippen LogP contribution in [0.4, 0.5) is 0 Å². The summed E-state index contributed by atoms with van der Waals surface area (Å²) in [6.45, 7) is 3.90. The van der Waals surface area contributed by atoms with E-state index in [4.69, 9.17) is 0 Å². The normalized spacial score (nSPS) is 16.8. The summed E-state index contributed by atoms with van der Waals surface area (Å²) in [5.74, 6) is 0. The molecule has 0 aliphatic carbocycles. The second-order valence-corrected chi connectivity index (χ2v) is 4.39. The Bertz CT molecular complexity index is 611. The third-order valence-electron chi connectivity index (χ3n) is 3.36. The van der Waals surface area contributed by atoms with E-state index in [-0.39, 0.29) is 6.04 Å². The first-order valence-electron chi connectivity index (χ1n) is 6.13. The Morgan fingerprint density at radius 3 is 2.50 bits per heavy atom. The molecule has 2 aromatic carbocycles. The number of benzene rings is 2. The molecular formula is C17H15N. The Kier molecular flexibility index (Phi) is 2.73. The van der Waals surface area contributed by atoms with E-state index in [0.29, 0.717) is 0 Å². The zero-order valence-electron chi connectivity index (χ0n) is 10.1. The molecule has 0 radical (unpaired) electrons. The Morgan fingerprint density at radius 2 is 1.67 bits per heavy atom. The van der Waals surface area contributed by atoms with E-state index in [0.717, 1.165) is 0 Å². The summed E-state index contributed by atoms with van der Waals surface area (Å²) >= 11 is 0. The summed E-state index contributed by atoms with van der Waals surface area (Å²) in [6, 6.07) is 17.1. The fourth-order valence-corrected chi connectivity index (χ4v) is 2.47. The van der Waals surface area contributed by atoms with Crippen LogP contribution in [0.5, 0.6) is 0 Å². The van der Waals surface area contributed by atoms with Gasteiger partial charge in [-0.25, -0.2) is 0 Å². The molecule has 18 heavy (non-hydrogen) atoms. The molecule has 0 aromatic heterocycles. The molecule has 88 valence electrons. The van der Waals surface area contributed by atoms with Crippen molar-refractivity contribution in [3.05, 3.63) is 83.6 Å². The van der Waals surface area contributed by atoms with Crippen molar-refractivity contribution in [2.75, 3.05) is 0 Å². The maximum Gasteiger partial charge on any atom is 0.0774 e. The van der Waals surface area contributed by atoms with Crippen LogP contribution in [0.3, 0.4) is 0 Å². The molecule has 1 aliphatic rings. The lowest BCUT2D eigenvalue weighted by Crippen LogP contribution is -2.21. The highest BCUT2D eigenvalue weighted by atomic mass is 14.9. The average Bonchev–Trinajstić information content (AvgIpc) is 2.46. The van der Waals surface area contributed by atoms with Crippen LogP contribution in [0, 0.1) is 0 Å². The van der Waals surface area contributed by atoms with Crippen LogP contribution in [-0.2, 0) is 0 Å². The van der Waals surface area contributed by atoms with Gasteiger partial charge < -0.3 is 5.32 Å². The monoisotopic (exact) mass is 233 g/mol. The number of nitrogens with one attached hydrogen (secondary N) is 1. The van der Waals surface area contributed by atoms with E-state index >= 15 is 0 Å². The van der Waals surface area contributed by atoms with Gasteiger partial charge in [0.1, 0.15) is 0 Å². The van der Waals surface area contributed by atoms with Gasteiger partial charge in [0.25, 0.3) is 0 Å². The predicted octanol–water partition coefficient (Wildman–Crippen LogP) is 3.99. The van der Waals surface area contributed by atoms with Crippen molar-refractivity contribution in [2.24, 2.45) is 0 Å². The first-order chi connectivity index (χ1) is 8.90. The molecule has 1 heterocycles. The Hall–Kier alpha value is -2.28. The first kappa shape index (κ1) is 10.8. The minimum absolute atomic E-state index is 0.209. The van der Waals surface area contributed by atoms with E-state index in [9.17, 15) is 0 Å². The molecule has 1 nitrogen and oxygen atoms in total. The summed E-state index contributed by atoms with van der Waals surface area (Å²) in [5.41, 5.74) is 5.04. The van der Waals surface area contributed by atoms with E-state index < -0.39 is 0 Å². The number of rotatable bonds is 2. The van der Waals surface area contributed by atoms with Crippen LogP contribution >= 0.6 is 0 Å². The van der Waals surface area contributed by atoms with Gasteiger partial charge in [-0.1, -0.05) is 61.2 Å². The van der Waals surface area contributed by atoms with E-state index in [1.807, 2.05) is 18.3 Å². The second kappa shape index (κ2) is 4.53. The van der Waals surface area contributed by atoms with Crippen molar-refractivity contribution in [3.63, 3.8) is 0 Å². The predicted molar refractivity (Wildman–Crippen MR) is 77.0 cm³/mol. The maximum atomic E-state index is 3.90. The Morgan fingerprint density at radius 1 is 0.944 bits per heavy atom. The summed E-state index contributed by atoms with van der Waals surface area (Å²) in [6.07, 6.45) is 6.05. The molecule has 1 heteroatoms. The summed E-state index contributed by atoms with van der Waals surface area (Å²) in [5, 5.41) is 3.44. The molecule has 0 saturated carbocycles. The fraction of sp³-hybridized carbons (Fsp3) is 0.0588. The van der Waals surface area contributed by atoms with Gasteiger partial charge in [0, 0.05) is 0 Å². The Balaban J connectivity index is 2.13. The highest BCUT2D eigenvalue weighted by molar-refractivity contribution is 5.62. The van der Waals surface area contributed by atoms with Crippen LogP contribution in [0.25, 0.3) is 12.2 Å². The standard InChI is InChI=1S/C17H15N/c1-2-13-7-3-5-9-15(13)17-16-10-6-4-8-14(16)11-12-18-17/h2-12,17-18H,1H2. The minimum Gasteiger partial charge on any atom is -0.380 e. The number of hydrogen-bond acceptors (Lipinski definition) is 1. The SMILES string of the molecule is C=Cc1ccccc1C1NC=Cc2ccccc21. The van der Waals surface area contributed by atoms with E-state index in [2.05, 4.69) is 60.4 Å². The fourth-order valence-electron chi connectivity index (χ4n) is 2.47. The van der Waals surface area contributed by atoms with Crippen molar-refractivity contribution in [3.8, 4) is 0 Å². The van der Waals surface area contributed by atoms with Gasteiger partial charge in [-0.05, 0) is 34.5 Å². The van der Waals surface area contributed by atoms with Crippen molar-refractivity contribution in [2.45, 2.75) is 6.04 Å². The largest absolute Gasteiger partial charge is 0.380 e. The lowest BCUT2D eigenvalue weighted by Gasteiger charge is -2.25. The van der Waals surface area contributed by atoms with E-state index in [1.54, 1.807) is 0 Å². The van der Waals surface area contributed by atoms with Crippen molar-refractivity contribution >= 4 is 12.2 Å². The lowest BCUT2D eigenvalue weighted by atomic mass is 9.90. The third-order valence-corrected chi connectivity index (χ3v) is 3.36. The van der Waals surface area contributed by atoms with E-state index in [1.165, 1.54) is 22.3 Å². The van der Waals surface area contributed by atoms with Crippen LogP contribution in [0.15, 0.2) is 61.3 Å². The second-order valence-electron chi connectivity index (χ2n) is 4.39.